The summed E-state index contributed by atoms with van der Waals surface area (Å²) < 4.78 is 0. The first-order valence-corrected chi connectivity index (χ1v) is 17.3. The van der Waals surface area contributed by atoms with E-state index in [1.165, 1.54) is 93.7 Å². The van der Waals surface area contributed by atoms with E-state index in [9.17, 15) is 0 Å². The minimum atomic E-state index is 0.122. The monoisotopic (exact) mass is 580 g/mol. The number of hydrogen-bond donors (Lipinski definition) is 0. The summed E-state index contributed by atoms with van der Waals surface area (Å²) in [5, 5.41) is 0. The largest absolute Gasteiger partial charge is 0.311 e. The summed E-state index contributed by atoms with van der Waals surface area (Å²) in [7, 11) is 0. The van der Waals surface area contributed by atoms with Gasteiger partial charge in [0.05, 0.1) is 5.69 Å². The Bertz CT molecular complexity index is 2070. The van der Waals surface area contributed by atoms with Crippen LogP contribution in [0.3, 0.4) is 0 Å². The molecule has 4 bridgehead atoms. The smallest absolute Gasteiger partial charge is 0.252 e. The van der Waals surface area contributed by atoms with Crippen molar-refractivity contribution in [3.05, 3.63) is 125 Å². The molecule has 4 saturated carbocycles. The van der Waals surface area contributed by atoms with Gasteiger partial charge in [-0.1, -0.05) is 78.4 Å². The number of para-hydroxylation sites is 3. The second-order valence-electron chi connectivity index (χ2n) is 15.0. The third-order valence-electron chi connectivity index (χ3n) is 13.1. The van der Waals surface area contributed by atoms with Gasteiger partial charge in [-0.05, 0) is 133 Å². The van der Waals surface area contributed by atoms with Gasteiger partial charge in [0.15, 0.2) is 0 Å². The molecule has 7 aliphatic rings. The molecule has 2 nitrogen and oxygen atoms in total. The van der Waals surface area contributed by atoms with Crippen LogP contribution in [0.25, 0.3) is 0 Å². The Hall–Kier alpha value is -4.24. The highest BCUT2D eigenvalue weighted by molar-refractivity contribution is 7.00. The SMILES string of the molecule is Cc1ccccc1N1c2cccc(C)c2B2c3cccc4c3N(c3ccccc3C43C4CC5CC(C4)CC3C5)c3cccc1c32. The van der Waals surface area contributed by atoms with Crippen molar-refractivity contribution in [2.45, 2.75) is 51.4 Å². The molecule has 3 heterocycles. The zero-order valence-corrected chi connectivity index (χ0v) is 26.1. The molecule has 5 aromatic rings. The van der Waals surface area contributed by atoms with Gasteiger partial charge < -0.3 is 9.80 Å². The fraction of sp³-hybridized carbons (Fsp3) is 0.286. The Morgan fingerprint density at radius 2 is 1.07 bits per heavy atom. The van der Waals surface area contributed by atoms with Crippen molar-refractivity contribution in [1.29, 1.82) is 0 Å². The molecule has 5 aromatic carbocycles. The van der Waals surface area contributed by atoms with Crippen LogP contribution in [-0.2, 0) is 5.41 Å². The summed E-state index contributed by atoms with van der Waals surface area (Å²) in [5.74, 6) is 3.36. The maximum absolute atomic E-state index is 2.70. The van der Waals surface area contributed by atoms with Crippen LogP contribution in [0.5, 0.6) is 0 Å². The minimum Gasteiger partial charge on any atom is -0.311 e. The van der Waals surface area contributed by atoms with Gasteiger partial charge in [-0.25, -0.2) is 0 Å². The van der Waals surface area contributed by atoms with Gasteiger partial charge in [-0.15, -0.1) is 0 Å². The molecule has 0 N–H and O–H groups in total. The highest BCUT2D eigenvalue weighted by atomic mass is 15.2. The van der Waals surface area contributed by atoms with Crippen LogP contribution in [0.1, 0.15) is 54.4 Å². The standard InChI is InChI=1S/C42H37BN2/c1-25-10-3-5-15-34(25)44-36-17-7-11-26(2)39(36)43-33-14-8-13-32-41(33)45(38-19-9-18-37(44)40(38)43)35-16-6-4-12-31(35)42(32)29-21-27-20-28(23-29)24-30(42)22-27/h3-19,27-30H,20-24H2,1-2H3. The second kappa shape index (κ2) is 8.52. The molecule has 0 atom stereocenters. The van der Waals surface area contributed by atoms with Crippen LogP contribution in [0.4, 0.5) is 34.1 Å². The summed E-state index contributed by atoms with van der Waals surface area (Å²) in [6, 6.07) is 40.0. The summed E-state index contributed by atoms with van der Waals surface area (Å²) in [4.78, 5) is 5.25. The number of rotatable bonds is 1. The van der Waals surface area contributed by atoms with Crippen molar-refractivity contribution in [3.8, 4) is 0 Å². The van der Waals surface area contributed by atoms with Gasteiger partial charge in [0.25, 0.3) is 6.71 Å². The molecule has 0 saturated heterocycles. The molecule has 4 aliphatic carbocycles. The van der Waals surface area contributed by atoms with E-state index in [2.05, 4.69) is 127 Å². The predicted octanol–water partition coefficient (Wildman–Crippen LogP) is 8.44. The number of aryl methyl sites for hydroxylation is 2. The van der Waals surface area contributed by atoms with Crippen LogP contribution in [0.15, 0.2) is 103 Å². The average molecular weight is 581 g/mol. The van der Waals surface area contributed by atoms with Crippen LogP contribution in [0.2, 0.25) is 0 Å². The molecule has 218 valence electrons. The highest BCUT2D eigenvalue weighted by Crippen LogP contribution is 2.69. The van der Waals surface area contributed by atoms with Crippen molar-refractivity contribution >= 4 is 57.2 Å². The summed E-state index contributed by atoms with van der Waals surface area (Å²) in [6.45, 7) is 4.79. The third kappa shape index (κ3) is 2.90. The van der Waals surface area contributed by atoms with E-state index >= 15 is 0 Å². The van der Waals surface area contributed by atoms with Crippen molar-refractivity contribution in [3.63, 3.8) is 0 Å². The van der Waals surface area contributed by atoms with E-state index in [1.807, 2.05) is 0 Å². The highest BCUT2D eigenvalue weighted by Gasteiger charge is 2.62. The van der Waals surface area contributed by atoms with Crippen molar-refractivity contribution < 1.29 is 0 Å². The van der Waals surface area contributed by atoms with Gasteiger partial charge >= 0.3 is 0 Å². The zero-order valence-electron chi connectivity index (χ0n) is 26.1. The van der Waals surface area contributed by atoms with Gasteiger partial charge in [0.2, 0.25) is 0 Å². The Morgan fingerprint density at radius 1 is 0.511 bits per heavy atom. The van der Waals surface area contributed by atoms with E-state index < -0.39 is 0 Å². The second-order valence-corrected chi connectivity index (χ2v) is 15.0. The van der Waals surface area contributed by atoms with Crippen molar-refractivity contribution in [1.82, 2.24) is 0 Å². The fourth-order valence-corrected chi connectivity index (χ4v) is 11.8. The summed E-state index contributed by atoms with van der Waals surface area (Å²) >= 11 is 0. The number of benzene rings is 5. The number of anilines is 6. The quantitative estimate of drug-likeness (QED) is 0.180. The van der Waals surface area contributed by atoms with Crippen LogP contribution in [0, 0.1) is 37.5 Å². The van der Waals surface area contributed by atoms with Gasteiger partial charge in [-0.2, -0.15) is 0 Å². The first kappa shape index (κ1) is 25.0. The van der Waals surface area contributed by atoms with Gasteiger partial charge in [0.1, 0.15) is 0 Å². The molecular weight excluding hydrogens is 543 g/mol. The lowest BCUT2D eigenvalue weighted by atomic mass is 9.32. The lowest BCUT2D eigenvalue weighted by Crippen LogP contribution is -2.64. The molecule has 3 heteroatoms. The Kier molecular flexibility index (Phi) is 4.73. The van der Waals surface area contributed by atoms with E-state index in [-0.39, 0.29) is 12.1 Å². The molecule has 3 aliphatic heterocycles. The molecule has 0 radical (unpaired) electrons. The summed E-state index contributed by atoms with van der Waals surface area (Å²) in [6.07, 6.45) is 7.10. The Morgan fingerprint density at radius 3 is 1.82 bits per heavy atom. The first-order valence-electron chi connectivity index (χ1n) is 17.3. The average Bonchev–Trinajstić information content (AvgIpc) is 3.05. The fourth-order valence-electron chi connectivity index (χ4n) is 11.8. The Labute approximate surface area is 266 Å². The van der Waals surface area contributed by atoms with Gasteiger partial charge in [0, 0.05) is 33.9 Å². The van der Waals surface area contributed by atoms with Crippen LogP contribution in [-0.4, -0.2) is 6.71 Å². The normalized spacial score (nSPS) is 27.3. The minimum absolute atomic E-state index is 0.122. The van der Waals surface area contributed by atoms with Crippen molar-refractivity contribution in [2.24, 2.45) is 23.7 Å². The van der Waals surface area contributed by atoms with Crippen LogP contribution >= 0.6 is 0 Å². The Balaban J connectivity index is 1.25. The van der Waals surface area contributed by atoms with E-state index in [1.54, 1.807) is 11.1 Å². The number of fused-ring (bicyclic) bond motifs is 6. The molecule has 1 spiro atoms. The topological polar surface area (TPSA) is 6.48 Å². The van der Waals surface area contributed by atoms with Crippen molar-refractivity contribution in [2.75, 3.05) is 9.80 Å². The van der Waals surface area contributed by atoms with Gasteiger partial charge in [-0.3, -0.25) is 0 Å². The molecule has 0 amide bonds. The van der Waals surface area contributed by atoms with Crippen LogP contribution < -0.4 is 26.2 Å². The third-order valence-corrected chi connectivity index (χ3v) is 13.1. The molecule has 0 unspecified atom stereocenters. The lowest BCUT2D eigenvalue weighted by Gasteiger charge is -2.64. The molecule has 4 fully saturated rings. The molecule has 0 aromatic heterocycles. The predicted molar refractivity (Wildman–Crippen MR) is 188 cm³/mol. The zero-order chi connectivity index (χ0) is 29.6. The maximum atomic E-state index is 2.70. The number of nitrogens with zero attached hydrogens (tertiary/aromatic N) is 2. The molecule has 45 heavy (non-hydrogen) atoms. The lowest BCUT2D eigenvalue weighted by molar-refractivity contribution is -0.0419. The van der Waals surface area contributed by atoms with E-state index in [0.29, 0.717) is 0 Å². The van der Waals surface area contributed by atoms with E-state index in [4.69, 9.17) is 0 Å². The molecular formula is C42H37BN2. The summed E-state index contributed by atoms with van der Waals surface area (Å²) in [5.41, 5.74) is 18.6. The van der Waals surface area contributed by atoms with E-state index in [0.717, 1.165) is 23.7 Å². The first-order chi connectivity index (χ1) is 22.1. The molecule has 12 rings (SSSR count). The maximum Gasteiger partial charge on any atom is 0.252 e. The number of hydrogen-bond acceptors (Lipinski definition) is 2.